The molecule has 0 aliphatic heterocycles. The number of hydrogen-bond acceptors (Lipinski definition) is 2. The molecule has 1 aromatic heterocycles. The molecule has 1 N–H and O–H groups in total. The van der Waals surface area contributed by atoms with Gasteiger partial charge >= 0.3 is 0 Å². The second-order valence-corrected chi connectivity index (χ2v) is 9.70. The van der Waals surface area contributed by atoms with Crippen LogP contribution in [0.15, 0.2) is 15.9 Å². The molecule has 5 heteroatoms. The fourth-order valence-electron chi connectivity index (χ4n) is 1.51. The summed E-state index contributed by atoms with van der Waals surface area (Å²) in [5.74, 6) is 0.570. The second kappa shape index (κ2) is 6.64. The number of halogens is 1. The first-order chi connectivity index (χ1) is 8.20. The van der Waals surface area contributed by atoms with Crippen molar-refractivity contribution in [2.75, 3.05) is 0 Å². The highest BCUT2D eigenvalue weighted by atomic mass is 79.9. The van der Waals surface area contributed by atoms with Crippen molar-refractivity contribution in [1.82, 2.24) is 4.72 Å². The Kier molecular flexibility index (Phi) is 6.03. The van der Waals surface area contributed by atoms with Gasteiger partial charge in [0.25, 0.3) is 0 Å². The molecule has 2 nitrogen and oxygen atoms in total. The Morgan fingerprint density at radius 1 is 1.44 bits per heavy atom. The SMILES string of the molecule is CC(C)C[C@@H](NS(=O)C(C)(C)C)c1cc(Br)cs1. The Hall–Kier alpha value is 0.290. The Balaban J connectivity index is 2.83. The number of hydrogen-bond donors (Lipinski definition) is 1. The van der Waals surface area contributed by atoms with E-state index in [-0.39, 0.29) is 10.8 Å². The van der Waals surface area contributed by atoms with Crippen molar-refractivity contribution in [2.24, 2.45) is 5.92 Å². The summed E-state index contributed by atoms with van der Waals surface area (Å²) in [4.78, 5) is 1.24. The van der Waals surface area contributed by atoms with Gasteiger partial charge in [0.1, 0.15) is 0 Å². The Morgan fingerprint density at radius 3 is 2.44 bits per heavy atom. The molecule has 0 aromatic carbocycles. The van der Waals surface area contributed by atoms with Crippen LogP contribution < -0.4 is 4.72 Å². The smallest absolute Gasteiger partial charge is 0.0976 e. The van der Waals surface area contributed by atoms with E-state index in [2.05, 4.69) is 45.9 Å². The van der Waals surface area contributed by atoms with Gasteiger partial charge in [-0.05, 0) is 55.1 Å². The average Bonchev–Trinajstić information content (AvgIpc) is 2.61. The highest BCUT2D eigenvalue weighted by molar-refractivity contribution is 9.10. The maximum atomic E-state index is 12.2. The lowest BCUT2D eigenvalue weighted by atomic mass is 10.0. The molecule has 0 aliphatic carbocycles. The molecule has 0 saturated carbocycles. The minimum absolute atomic E-state index is 0.168. The van der Waals surface area contributed by atoms with Gasteiger partial charge in [-0.15, -0.1) is 11.3 Å². The van der Waals surface area contributed by atoms with E-state index in [0.29, 0.717) is 5.92 Å². The van der Waals surface area contributed by atoms with Gasteiger partial charge in [-0.2, -0.15) is 0 Å². The molecule has 1 rings (SSSR count). The van der Waals surface area contributed by atoms with E-state index in [9.17, 15) is 4.21 Å². The molecule has 0 radical (unpaired) electrons. The van der Waals surface area contributed by atoms with Gasteiger partial charge in [-0.1, -0.05) is 13.8 Å². The molecule has 0 amide bonds. The number of nitrogens with one attached hydrogen (secondary N) is 1. The van der Waals surface area contributed by atoms with Crippen LogP contribution in [-0.4, -0.2) is 8.96 Å². The Bertz CT molecular complexity index is 409. The molecule has 1 aromatic rings. The molecule has 0 fully saturated rings. The first-order valence-corrected chi connectivity index (χ1v) is 8.94. The van der Waals surface area contributed by atoms with Crippen LogP contribution in [0.3, 0.4) is 0 Å². The Morgan fingerprint density at radius 2 is 2.06 bits per heavy atom. The second-order valence-electron chi connectivity index (χ2n) is 5.85. The molecule has 0 saturated heterocycles. The Labute approximate surface area is 125 Å². The van der Waals surface area contributed by atoms with E-state index in [4.69, 9.17) is 0 Å². The quantitative estimate of drug-likeness (QED) is 0.821. The molecule has 0 bridgehead atoms. The first kappa shape index (κ1) is 16.3. The van der Waals surface area contributed by atoms with Crippen molar-refractivity contribution in [1.29, 1.82) is 0 Å². The summed E-state index contributed by atoms with van der Waals surface area (Å²) in [5.41, 5.74) is 0. The molecule has 2 atom stereocenters. The van der Waals surface area contributed by atoms with Gasteiger partial charge in [0.05, 0.1) is 21.8 Å². The van der Waals surface area contributed by atoms with Gasteiger partial charge in [0.15, 0.2) is 0 Å². The van der Waals surface area contributed by atoms with E-state index < -0.39 is 11.0 Å². The molecular weight excluding hydrogens is 330 g/mol. The maximum absolute atomic E-state index is 12.2. The maximum Gasteiger partial charge on any atom is 0.0976 e. The van der Waals surface area contributed by atoms with Crippen LogP contribution in [0, 0.1) is 5.92 Å². The lowest BCUT2D eigenvalue weighted by Crippen LogP contribution is -2.36. The van der Waals surface area contributed by atoms with Crippen LogP contribution in [0.1, 0.15) is 52.0 Å². The third-order valence-electron chi connectivity index (χ3n) is 2.44. The van der Waals surface area contributed by atoms with Gasteiger partial charge in [0.2, 0.25) is 0 Å². The van der Waals surface area contributed by atoms with Crippen molar-refractivity contribution >= 4 is 38.3 Å². The molecule has 1 heterocycles. The lowest BCUT2D eigenvalue weighted by Gasteiger charge is -2.24. The first-order valence-electron chi connectivity index (χ1n) is 6.12. The van der Waals surface area contributed by atoms with Crippen molar-refractivity contribution in [2.45, 2.75) is 51.8 Å². The molecule has 0 spiro atoms. The highest BCUT2D eigenvalue weighted by Crippen LogP contribution is 2.30. The number of rotatable bonds is 5. The van der Waals surface area contributed by atoms with Crippen molar-refractivity contribution in [3.05, 3.63) is 20.8 Å². The third kappa shape index (κ3) is 5.11. The summed E-state index contributed by atoms with van der Waals surface area (Å²) < 4.78 is 16.4. The van der Waals surface area contributed by atoms with Crippen LogP contribution in [0.25, 0.3) is 0 Å². The topological polar surface area (TPSA) is 29.1 Å². The molecule has 1 unspecified atom stereocenters. The summed E-state index contributed by atoms with van der Waals surface area (Å²) >= 11 is 5.19. The summed E-state index contributed by atoms with van der Waals surface area (Å²) in [5, 5.41) is 2.07. The average molecular weight is 352 g/mol. The third-order valence-corrected chi connectivity index (χ3v) is 5.86. The van der Waals surface area contributed by atoms with Crippen molar-refractivity contribution < 1.29 is 4.21 Å². The zero-order valence-corrected chi connectivity index (χ0v) is 14.8. The highest BCUT2D eigenvalue weighted by Gasteiger charge is 2.24. The lowest BCUT2D eigenvalue weighted by molar-refractivity contribution is 0.485. The van der Waals surface area contributed by atoms with Crippen LogP contribution in [-0.2, 0) is 11.0 Å². The summed E-state index contributed by atoms with van der Waals surface area (Å²) in [6.07, 6.45) is 0.995. The van der Waals surface area contributed by atoms with E-state index in [0.717, 1.165) is 10.9 Å². The van der Waals surface area contributed by atoms with Gasteiger partial charge in [0, 0.05) is 14.7 Å². The summed E-state index contributed by atoms with van der Waals surface area (Å²) in [6, 6.07) is 2.28. The van der Waals surface area contributed by atoms with Crippen LogP contribution in [0.4, 0.5) is 0 Å². The minimum atomic E-state index is -1.03. The summed E-state index contributed by atoms with van der Waals surface area (Å²) in [7, 11) is -1.03. The molecule has 0 aliphatic rings. The molecule has 18 heavy (non-hydrogen) atoms. The van der Waals surface area contributed by atoms with E-state index in [1.165, 1.54) is 4.88 Å². The van der Waals surface area contributed by atoms with E-state index >= 15 is 0 Å². The van der Waals surface area contributed by atoms with Gasteiger partial charge < -0.3 is 0 Å². The minimum Gasteiger partial charge on any atom is -0.242 e. The summed E-state index contributed by atoms with van der Waals surface area (Å²) in [6.45, 7) is 10.4. The molecular formula is C13H22BrNOS2. The standard InChI is InChI=1S/C13H22BrNOS2/c1-9(2)6-11(12-7-10(14)8-17-12)15-18(16)13(3,4)5/h7-9,11,15H,6H2,1-5H3/t11-,18?/m1/s1. The molecule has 104 valence electrons. The van der Waals surface area contributed by atoms with Crippen molar-refractivity contribution in [3.63, 3.8) is 0 Å². The number of thiophene rings is 1. The van der Waals surface area contributed by atoms with E-state index in [1.807, 2.05) is 20.8 Å². The van der Waals surface area contributed by atoms with Crippen molar-refractivity contribution in [3.8, 4) is 0 Å². The monoisotopic (exact) mass is 351 g/mol. The predicted molar refractivity (Wildman–Crippen MR) is 85.2 cm³/mol. The zero-order chi connectivity index (χ0) is 13.9. The van der Waals surface area contributed by atoms with Gasteiger partial charge in [-0.3, -0.25) is 0 Å². The van der Waals surface area contributed by atoms with Crippen LogP contribution >= 0.6 is 27.3 Å². The fourth-order valence-corrected chi connectivity index (χ4v) is 3.93. The van der Waals surface area contributed by atoms with Crippen LogP contribution in [0.5, 0.6) is 0 Å². The normalized spacial score (nSPS) is 15.9. The largest absolute Gasteiger partial charge is 0.242 e. The van der Waals surface area contributed by atoms with E-state index in [1.54, 1.807) is 11.3 Å². The van der Waals surface area contributed by atoms with Crippen LogP contribution in [0.2, 0.25) is 0 Å². The fraction of sp³-hybridized carbons (Fsp3) is 0.692. The zero-order valence-electron chi connectivity index (χ0n) is 11.6. The predicted octanol–water partition coefficient (Wildman–Crippen LogP) is 4.65. The van der Waals surface area contributed by atoms with Gasteiger partial charge in [-0.25, -0.2) is 8.93 Å².